The Morgan fingerprint density at radius 3 is 2.60 bits per heavy atom. The quantitative estimate of drug-likeness (QED) is 0.467. The van der Waals surface area contributed by atoms with E-state index in [2.05, 4.69) is 30.1 Å². The number of furan rings is 1. The van der Waals surface area contributed by atoms with E-state index in [0.29, 0.717) is 35.7 Å². The van der Waals surface area contributed by atoms with Gasteiger partial charge in [-0.25, -0.2) is 0 Å². The minimum absolute atomic E-state index is 0.0694. The number of thioether (sulfide) groups is 1. The smallest absolute Gasteiger partial charge is 0.240 e. The van der Waals surface area contributed by atoms with Crippen molar-refractivity contribution in [2.75, 3.05) is 11.4 Å². The Morgan fingerprint density at radius 2 is 1.97 bits per heavy atom. The number of hydrogen-bond donors (Lipinski definition) is 0. The molecule has 1 amide bonds. The molecule has 0 bridgehead atoms. The second kappa shape index (κ2) is 10.1. The second-order valence-electron chi connectivity index (χ2n) is 7.28. The molecule has 30 heavy (non-hydrogen) atoms. The standard InChI is InChI=1S/C22H25N5O2S/c1-16(2)15-27-20(19-11-7-14-29-19)24-25-22(27)30-17(3)21(28)26(13-8-12-23)18-9-5-4-6-10-18/h4-7,9-11,14,16-17H,8,13,15H2,1-3H3. The lowest BCUT2D eigenvalue weighted by Gasteiger charge is -2.25. The van der Waals surface area contributed by atoms with Gasteiger partial charge >= 0.3 is 0 Å². The highest BCUT2D eigenvalue weighted by atomic mass is 32.2. The van der Waals surface area contributed by atoms with Gasteiger partial charge in [0.25, 0.3) is 0 Å². The Bertz CT molecular complexity index is 992. The highest BCUT2D eigenvalue weighted by Crippen LogP contribution is 2.29. The van der Waals surface area contributed by atoms with E-state index in [0.717, 1.165) is 5.69 Å². The fourth-order valence-corrected chi connectivity index (χ4v) is 3.98. The highest BCUT2D eigenvalue weighted by molar-refractivity contribution is 8.00. The Labute approximate surface area is 180 Å². The van der Waals surface area contributed by atoms with Gasteiger partial charge in [0.15, 0.2) is 16.7 Å². The molecule has 1 aromatic carbocycles. The van der Waals surface area contributed by atoms with E-state index in [9.17, 15) is 4.79 Å². The van der Waals surface area contributed by atoms with Crippen LogP contribution in [0.15, 0.2) is 58.3 Å². The molecule has 8 heteroatoms. The number of carbonyl (C=O) groups is 1. The molecule has 0 spiro atoms. The first-order valence-electron chi connectivity index (χ1n) is 9.88. The summed E-state index contributed by atoms with van der Waals surface area (Å²) in [5.41, 5.74) is 0.783. The summed E-state index contributed by atoms with van der Waals surface area (Å²) < 4.78 is 7.51. The minimum Gasteiger partial charge on any atom is -0.461 e. The molecule has 0 fully saturated rings. The molecule has 3 aromatic rings. The third kappa shape index (κ3) is 5.10. The lowest BCUT2D eigenvalue weighted by molar-refractivity contribution is -0.117. The molecular formula is C22H25N5O2S. The van der Waals surface area contributed by atoms with Gasteiger partial charge in [0.2, 0.25) is 5.91 Å². The summed E-state index contributed by atoms with van der Waals surface area (Å²) in [6, 6.07) is 15.2. The van der Waals surface area contributed by atoms with Gasteiger partial charge in [-0.15, -0.1) is 10.2 Å². The van der Waals surface area contributed by atoms with Crippen LogP contribution in [0.25, 0.3) is 11.6 Å². The Morgan fingerprint density at radius 1 is 1.20 bits per heavy atom. The van der Waals surface area contributed by atoms with Crippen LogP contribution in [0, 0.1) is 17.2 Å². The third-order valence-electron chi connectivity index (χ3n) is 4.42. The normalized spacial score (nSPS) is 12.0. The predicted molar refractivity (Wildman–Crippen MR) is 117 cm³/mol. The third-order valence-corrected chi connectivity index (χ3v) is 5.49. The molecule has 2 heterocycles. The number of carbonyl (C=O) groups excluding carboxylic acids is 1. The van der Waals surface area contributed by atoms with Gasteiger partial charge in [-0.2, -0.15) is 5.26 Å². The number of anilines is 1. The number of nitrogens with zero attached hydrogens (tertiary/aromatic N) is 5. The van der Waals surface area contributed by atoms with Crippen LogP contribution in [0.1, 0.15) is 27.2 Å². The van der Waals surface area contributed by atoms with Crippen LogP contribution in [0.2, 0.25) is 0 Å². The lowest BCUT2D eigenvalue weighted by Crippen LogP contribution is -2.37. The van der Waals surface area contributed by atoms with Crippen LogP contribution < -0.4 is 4.90 Å². The zero-order valence-electron chi connectivity index (χ0n) is 17.4. The SMILES string of the molecule is CC(C)Cn1c(SC(C)C(=O)N(CCC#N)c2ccccc2)nnc1-c1ccco1. The van der Waals surface area contributed by atoms with E-state index in [-0.39, 0.29) is 12.3 Å². The van der Waals surface area contributed by atoms with Gasteiger partial charge < -0.3 is 9.32 Å². The molecule has 1 atom stereocenters. The van der Waals surface area contributed by atoms with E-state index in [1.54, 1.807) is 11.2 Å². The Hall–Kier alpha value is -3.05. The largest absolute Gasteiger partial charge is 0.461 e. The predicted octanol–water partition coefficient (Wildman–Crippen LogP) is 4.62. The maximum absolute atomic E-state index is 13.2. The molecule has 2 aromatic heterocycles. The van der Waals surface area contributed by atoms with Crippen LogP contribution in [-0.4, -0.2) is 32.5 Å². The summed E-state index contributed by atoms with van der Waals surface area (Å²) in [6.07, 6.45) is 1.87. The van der Waals surface area contributed by atoms with Crippen molar-refractivity contribution in [2.24, 2.45) is 5.92 Å². The average molecular weight is 424 g/mol. The molecular weight excluding hydrogens is 398 g/mol. The van der Waals surface area contributed by atoms with Crippen LogP contribution in [0.5, 0.6) is 0 Å². The summed E-state index contributed by atoms with van der Waals surface area (Å²) in [5, 5.41) is 17.9. The molecule has 0 aliphatic heterocycles. The second-order valence-corrected chi connectivity index (χ2v) is 8.59. The topological polar surface area (TPSA) is 88.0 Å². The molecule has 0 aliphatic rings. The van der Waals surface area contributed by atoms with Crippen molar-refractivity contribution < 1.29 is 9.21 Å². The minimum atomic E-state index is -0.400. The number of benzene rings is 1. The van der Waals surface area contributed by atoms with Gasteiger partial charge in [0.1, 0.15) is 0 Å². The van der Waals surface area contributed by atoms with Crippen molar-refractivity contribution in [1.29, 1.82) is 5.26 Å². The maximum Gasteiger partial charge on any atom is 0.240 e. The number of aromatic nitrogens is 3. The van der Waals surface area contributed by atoms with Crippen molar-refractivity contribution in [1.82, 2.24) is 14.8 Å². The summed E-state index contributed by atoms with van der Waals surface area (Å²) in [7, 11) is 0. The van der Waals surface area contributed by atoms with E-state index >= 15 is 0 Å². The van der Waals surface area contributed by atoms with Gasteiger partial charge in [-0.05, 0) is 37.1 Å². The summed E-state index contributed by atoms with van der Waals surface area (Å²) in [6.45, 7) is 7.15. The maximum atomic E-state index is 13.2. The molecule has 7 nitrogen and oxygen atoms in total. The monoisotopic (exact) mass is 423 g/mol. The number of hydrogen-bond acceptors (Lipinski definition) is 6. The van der Waals surface area contributed by atoms with Crippen LogP contribution >= 0.6 is 11.8 Å². The molecule has 0 saturated heterocycles. The first kappa shape index (κ1) is 21.7. The van der Waals surface area contributed by atoms with Gasteiger partial charge in [-0.3, -0.25) is 9.36 Å². The van der Waals surface area contributed by atoms with Crippen molar-refractivity contribution >= 4 is 23.4 Å². The lowest BCUT2D eigenvalue weighted by atomic mass is 10.2. The number of rotatable bonds is 9. The molecule has 156 valence electrons. The molecule has 1 unspecified atom stereocenters. The van der Waals surface area contributed by atoms with Gasteiger partial charge in [0.05, 0.1) is 24.0 Å². The summed E-state index contributed by atoms with van der Waals surface area (Å²) in [5.74, 6) is 1.60. The fourth-order valence-electron chi connectivity index (χ4n) is 3.06. The zero-order valence-corrected chi connectivity index (χ0v) is 18.2. The first-order valence-corrected chi connectivity index (χ1v) is 10.8. The van der Waals surface area contributed by atoms with Crippen molar-refractivity contribution in [2.45, 2.75) is 44.1 Å². The molecule has 0 N–H and O–H groups in total. The molecule has 0 saturated carbocycles. The van der Waals surface area contributed by atoms with E-state index in [1.165, 1.54) is 11.8 Å². The van der Waals surface area contributed by atoms with E-state index in [4.69, 9.17) is 9.68 Å². The molecule has 0 aliphatic carbocycles. The zero-order chi connectivity index (χ0) is 21.5. The summed E-state index contributed by atoms with van der Waals surface area (Å²) in [4.78, 5) is 14.9. The Kier molecular flexibility index (Phi) is 7.31. The average Bonchev–Trinajstić information content (AvgIpc) is 3.39. The fraction of sp³-hybridized carbons (Fsp3) is 0.364. The van der Waals surface area contributed by atoms with Crippen molar-refractivity contribution in [3.63, 3.8) is 0 Å². The first-order chi connectivity index (χ1) is 14.5. The Balaban J connectivity index is 1.84. The number of amides is 1. The van der Waals surface area contributed by atoms with Crippen LogP contribution in [0.4, 0.5) is 5.69 Å². The van der Waals surface area contributed by atoms with E-state index in [1.807, 2.05) is 54.0 Å². The van der Waals surface area contributed by atoms with Gasteiger partial charge in [0, 0.05) is 18.8 Å². The summed E-state index contributed by atoms with van der Waals surface area (Å²) >= 11 is 1.37. The van der Waals surface area contributed by atoms with E-state index < -0.39 is 5.25 Å². The van der Waals surface area contributed by atoms with Crippen molar-refractivity contribution in [3.8, 4) is 17.7 Å². The highest BCUT2D eigenvalue weighted by Gasteiger charge is 2.26. The van der Waals surface area contributed by atoms with Gasteiger partial charge in [-0.1, -0.05) is 43.8 Å². The van der Waals surface area contributed by atoms with Crippen LogP contribution in [-0.2, 0) is 11.3 Å². The number of para-hydroxylation sites is 1. The van der Waals surface area contributed by atoms with Crippen LogP contribution in [0.3, 0.4) is 0 Å². The number of nitriles is 1. The molecule has 0 radical (unpaired) electrons. The van der Waals surface area contributed by atoms with Crippen molar-refractivity contribution in [3.05, 3.63) is 48.7 Å². The molecule has 3 rings (SSSR count).